The van der Waals surface area contributed by atoms with Gasteiger partial charge in [0.05, 0.1) is 19.2 Å². The third kappa shape index (κ3) is 6.94. The predicted octanol–water partition coefficient (Wildman–Crippen LogP) is 6.23. The van der Waals surface area contributed by atoms with Gasteiger partial charge >= 0.3 is 0 Å². The summed E-state index contributed by atoms with van der Waals surface area (Å²) in [6, 6.07) is 14.3. The number of carbonyl (C=O) groups is 1. The van der Waals surface area contributed by atoms with E-state index in [2.05, 4.69) is 36.5 Å². The normalized spacial score (nSPS) is 13.7. The van der Waals surface area contributed by atoms with E-state index >= 15 is 0 Å². The molecule has 37 heavy (non-hydrogen) atoms. The van der Waals surface area contributed by atoms with Gasteiger partial charge in [-0.3, -0.25) is 9.78 Å². The Hall–Kier alpha value is -3.28. The highest BCUT2D eigenvalue weighted by Gasteiger charge is 2.19. The fourth-order valence-electron chi connectivity index (χ4n) is 5.27. The average Bonchev–Trinajstić information content (AvgIpc) is 2.92. The number of ether oxygens (including phenoxy) is 2. The maximum absolute atomic E-state index is 11.9. The van der Waals surface area contributed by atoms with Crippen LogP contribution in [0.1, 0.15) is 68.7 Å². The number of rotatable bonds is 14. The number of nitrogens with one attached hydrogen (secondary N) is 1. The van der Waals surface area contributed by atoms with Crippen molar-refractivity contribution in [3.05, 3.63) is 59.3 Å². The lowest BCUT2D eigenvalue weighted by molar-refractivity contribution is -0.122. The average molecular weight is 504 g/mol. The van der Waals surface area contributed by atoms with Crippen LogP contribution in [0.3, 0.4) is 0 Å². The van der Waals surface area contributed by atoms with Crippen LogP contribution in [0.25, 0.3) is 10.9 Å². The number of primary amides is 1. The molecule has 0 bridgehead atoms. The minimum atomic E-state index is -0.230. The summed E-state index contributed by atoms with van der Waals surface area (Å²) in [6.45, 7) is 3.56. The second kappa shape index (κ2) is 13.3. The summed E-state index contributed by atoms with van der Waals surface area (Å²) in [7, 11) is 1.65. The summed E-state index contributed by atoms with van der Waals surface area (Å²) in [5.74, 6) is 1.03. The SMILES string of the molecule is CCCCCC(Cc1ccc(OCCCNc2c3c(nc4ccccc24)CCCC3)c(OC)c1)C(N)=O. The third-order valence-corrected chi connectivity index (χ3v) is 7.32. The zero-order chi connectivity index (χ0) is 26.0. The van der Waals surface area contributed by atoms with Crippen molar-refractivity contribution in [1.29, 1.82) is 0 Å². The van der Waals surface area contributed by atoms with Gasteiger partial charge in [-0.25, -0.2) is 0 Å². The van der Waals surface area contributed by atoms with Gasteiger partial charge in [0.1, 0.15) is 0 Å². The molecular formula is C31H41N3O3. The summed E-state index contributed by atoms with van der Waals surface area (Å²) < 4.78 is 11.7. The molecule has 0 saturated heterocycles. The van der Waals surface area contributed by atoms with E-state index < -0.39 is 0 Å². The maximum Gasteiger partial charge on any atom is 0.220 e. The summed E-state index contributed by atoms with van der Waals surface area (Å²) in [5, 5.41) is 4.90. The molecule has 6 nitrogen and oxygen atoms in total. The van der Waals surface area contributed by atoms with Crippen molar-refractivity contribution in [2.45, 2.75) is 71.1 Å². The zero-order valence-electron chi connectivity index (χ0n) is 22.4. The number of carbonyl (C=O) groups excluding carboxylic acids is 1. The molecule has 0 saturated carbocycles. The fraction of sp³-hybridized carbons (Fsp3) is 0.484. The van der Waals surface area contributed by atoms with E-state index in [1.54, 1.807) is 7.11 Å². The van der Waals surface area contributed by atoms with Gasteiger partial charge < -0.3 is 20.5 Å². The number of aromatic nitrogens is 1. The lowest BCUT2D eigenvalue weighted by Crippen LogP contribution is -2.25. The topological polar surface area (TPSA) is 86.5 Å². The van der Waals surface area contributed by atoms with Crippen LogP contribution in [0, 0.1) is 5.92 Å². The van der Waals surface area contributed by atoms with Crippen LogP contribution in [0.5, 0.6) is 11.5 Å². The molecule has 198 valence electrons. The van der Waals surface area contributed by atoms with Crippen LogP contribution in [0.2, 0.25) is 0 Å². The molecule has 1 heterocycles. The molecule has 6 heteroatoms. The number of amides is 1. The zero-order valence-corrected chi connectivity index (χ0v) is 22.4. The first kappa shape index (κ1) is 26.8. The maximum atomic E-state index is 11.9. The standard InChI is InChI=1S/C31H41N3O3/c1-3-4-5-11-23(31(32)35)20-22-16-17-28(29(21-22)36-2)37-19-10-18-33-30-24-12-6-8-14-26(24)34-27-15-9-7-13-25(27)30/h6,8,12,14,16-17,21,23H,3-5,7,9-11,13,15,18-20H2,1-2H3,(H2,32,35)(H,33,34). The van der Waals surface area contributed by atoms with E-state index in [1.807, 2.05) is 18.2 Å². The van der Waals surface area contributed by atoms with Gasteiger partial charge in [-0.1, -0.05) is 50.5 Å². The quantitative estimate of drug-likeness (QED) is 0.255. The number of hydrogen-bond acceptors (Lipinski definition) is 5. The van der Waals surface area contributed by atoms with Crippen LogP contribution in [0.4, 0.5) is 5.69 Å². The van der Waals surface area contributed by atoms with Crippen molar-refractivity contribution >= 4 is 22.5 Å². The largest absolute Gasteiger partial charge is 0.493 e. The third-order valence-electron chi connectivity index (χ3n) is 7.32. The summed E-state index contributed by atoms with van der Waals surface area (Å²) in [4.78, 5) is 16.9. The van der Waals surface area contributed by atoms with Gasteiger partial charge in [-0.05, 0) is 74.3 Å². The highest BCUT2D eigenvalue weighted by Crippen LogP contribution is 2.33. The van der Waals surface area contributed by atoms with Crippen molar-refractivity contribution in [2.24, 2.45) is 11.7 Å². The molecule has 0 spiro atoms. The lowest BCUT2D eigenvalue weighted by atomic mass is 9.92. The number of unbranched alkanes of at least 4 members (excludes halogenated alkanes) is 2. The predicted molar refractivity (Wildman–Crippen MR) is 151 cm³/mol. The Morgan fingerprint density at radius 2 is 1.92 bits per heavy atom. The van der Waals surface area contributed by atoms with Crippen molar-refractivity contribution < 1.29 is 14.3 Å². The Kier molecular flexibility index (Phi) is 9.64. The summed E-state index contributed by atoms with van der Waals surface area (Å²) in [5.41, 5.74) is 11.6. The Morgan fingerprint density at radius 1 is 1.08 bits per heavy atom. The molecule has 0 fully saturated rings. The molecule has 4 rings (SSSR count). The molecule has 1 unspecified atom stereocenters. The first-order valence-electron chi connectivity index (χ1n) is 13.8. The van der Waals surface area contributed by atoms with Crippen molar-refractivity contribution in [3.63, 3.8) is 0 Å². The highest BCUT2D eigenvalue weighted by molar-refractivity contribution is 5.93. The van der Waals surface area contributed by atoms with Gasteiger partial charge in [-0.15, -0.1) is 0 Å². The van der Waals surface area contributed by atoms with Crippen molar-refractivity contribution in [2.75, 3.05) is 25.6 Å². The molecule has 1 aromatic heterocycles. The number of aryl methyl sites for hydroxylation is 1. The van der Waals surface area contributed by atoms with E-state index in [0.717, 1.165) is 68.3 Å². The van der Waals surface area contributed by atoms with Crippen LogP contribution in [-0.2, 0) is 24.1 Å². The minimum Gasteiger partial charge on any atom is -0.493 e. The number of benzene rings is 2. The Bertz CT molecular complexity index is 1190. The Balaban J connectivity index is 1.33. The van der Waals surface area contributed by atoms with Crippen LogP contribution < -0.4 is 20.5 Å². The van der Waals surface area contributed by atoms with E-state index in [4.69, 9.17) is 20.2 Å². The number of hydrogen-bond donors (Lipinski definition) is 2. The van der Waals surface area contributed by atoms with Crippen LogP contribution in [0.15, 0.2) is 42.5 Å². The molecule has 1 atom stereocenters. The highest BCUT2D eigenvalue weighted by atomic mass is 16.5. The fourth-order valence-corrected chi connectivity index (χ4v) is 5.27. The van der Waals surface area contributed by atoms with E-state index in [9.17, 15) is 4.79 Å². The van der Waals surface area contributed by atoms with Crippen molar-refractivity contribution in [3.8, 4) is 11.5 Å². The van der Waals surface area contributed by atoms with Crippen LogP contribution >= 0.6 is 0 Å². The molecule has 1 aliphatic rings. The lowest BCUT2D eigenvalue weighted by Gasteiger charge is -2.21. The van der Waals surface area contributed by atoms with Gasteiger partial charge in [0.25, 0.3) is 0 Å². The first-order valence-corrected chi connectivity index (χ1v) is 13.8. The second-order valence-corrected chi connectivity index (χ2v) is 10.0. The number of pyridine rings is 1. The number of nitrogens with two attached hydrogens (primary N) is 1. The molecule has 3 N–H and O–H groups in total. The summed E-state index contributed by atoms with van der Waals surface area (Å²) in [6.07, 6.45) is 10.2. The van der Waals surface area contributed by atoms with Gasteiger partial charge in [-0.2, -0.15) is 0 Å². The van der Waals surface area contributed by atoms with Gasteiger partial charge in [0.2, 0.25) is 5.91 Å². The number of para-hydroxylation sites is 1. The first-order chi connectivity index (χ1) is 18.1. The molecule has 1 amide bonds. The van der Waals surface area contributed by atoms with Crippen LogP contribution in [-0.4, -0.2) is 31.2 Å². The monoisotopic (exact) mass is 503 g/mol. The number of nitrogens with zero attached hydrogens (tertiary/aromatic N) is 1. The number of fused-ring (bicyclic) bond motifs is 2. The van der Waals surface area contributed by atoms with Gasteiger partial charge in [0.15, 0.2) is 11.5 Å². The second-order valence-electron chi connectivity index (χ2n) is 10.0. The van der Waals surface area contributed by atoms with Crippen molar-refractivity contribution in [1.82, 2.24) is 4.98 Å². The minimum absolute atomic E-state index is 0.149. The number of methoxy groups -OCH3 is 1. The Morgan fingerprint density at radius 3 is 2.73 bits per heavy atom. The van der Waals surface area contributed by atoms with E-state index in [1.165, 1.54) is 35.2 Å². The molecule has 2 aromatic carbocycles. The summed E-state index contributed by atoms with van der Waals surface area (Å²) >= 11 is 0. The van der Waals surface area contributed by atoms with E-state index in [-0.39, 0.29) is 11.8 Å². The number of anilines is 1. The molecule has 1 aliphatic carbocycles. The molecule has 0 aliphatic heterocycles. The van der Waals surface area contributed by atoms with E-state index in [0.29, 0.717) is 18.8 Å². The molecule has 0 radical (unpaired) electrons. The smallest absolute Gasteiger partial charge is 0.220 e. The van der Waals surface area contributed by atoms with Gasteiger partial charge in [0, 0.05) is 29.2 Å². The Labute approximate surface area is 221 Å². The molecule has 3 aromatic rings. The molecular weight excluding hydrogens is 462 g/mol.